The molecule has 8 nitrogen and oxygen atoms in total. The summed E-state index contributed by atoms with van der Waals surface area (Å²) in [5.41, 5.74) is 2.77. The third-order valence-corrected chi connectivity index (χ3v) is 6.73. The number of amides is 3. The molecule has 0 radical (unpaired) electrons. The molecule has 0 aliphatic heterocycles. The minimum Gasteiger partial charge on any atom is -0.390 e. The van der Waals surface area contributed by atoms with Gasteiger partial charge in [-0.1, -0.05) is 80.6 Å². The number of aromatic nitrogens is 1. The molecule has 3 unspecified atom stereocenters. The van der Waals surface area contributed by atoms with Gasteiger partial charge in [-0.2, -0.15) is 0 Å². The topological polar surface area (TPSA) is 115 Å². The van der Waals surface area contributed by atoms with Gasteiger partial charge in [-0.05, 0) is 41.5 Å². The summed E-state index contributed by atoms with van der Waals surface area (Å²) in [6, 6.07) is 21.1. The average molecular weight is 533 g/mol. The van der Waals surface area contributed by atoms with Gasteiger partial charge in [0.15, 0.2) is 0 Å². The molecule has 3 amide bonds. The second-order valence-electron chi connectivity index (χ2n) is 10.3. The highest BCUT2D eigenvalue weighted by Gasteiger charge is 2.30. The first-order chi connectivity index (χ1) is 18.7. The Hall–Kier alpha value is -3.75. The third kappa shape index (κ3) is 9.50. The number of urea groups is 1. The van der Waals surface area contributed by atoms with Gasteiger partial charge < -0.3 is 25.7 Å². The van der Waals surface area contributed by atoms with Crippen molar-refractivity contribution in [2.45, 2.75) is 63.9 Å². The predicted molar refractivity (Wildman–Crippen MR) is 152 cm³/mol. The Labute approximate surface area is 231 Å². The molecule has 0 saturated heterocycles. The fraction of sp³-hybridized carbons (Fsp3) is 0.387. The normalized spacial score (nSPS) is 14.2. The Morgan fingerprint density at radius 3 is 2.13 bits per heavy atom. The van der Waals surface area contributed by atoms with Crippen LogP contribution in [0, 0.1) is 5.92 Å². The number of pyridine rings is 1. The molecule has 0 saturated carbocycles. The molecule has 0 fully saturated rings. The van der Waals surface area contributed by atoms with Crippen molar-refractivity contribution in [3.63, 3.8) is 0 Å². The summed E-state index contributed by atoms with van der Waals surface area (Å²) in [6.07, 6.45) is 2.54. The Balaban J connectivity index is 1.65. The SMILES string of the molecule is CC(C)[C@H](NC(=O)N(C)Cc1cccnc1)C(=O)NC(CC(O)C(O)CCc1ccccc1)c1ccccc1. The van der Waals surface area contributed by atoms with E-state index >= 15 is 0 Å². The Bertz CT molecular complexity index is 1150. The molecule has 0 aliphatic rings. The highest BCUT2D eigenvalue weighted by Crippen LogP contribution is 2.22. The van der Waals surface area contributed by atoms with Gasteiger partial charge >= 0.3 is 6.03 Å². The maximum Gasteiger partial charge on any atom is 0.318 e. The minimum atomic E-state index is -1.04. The smallest absolute Gasteiger partial charge is 0.318 e. The predicted octanol–water partition coefficient (Wildman–Crippen LogP) is 3.85. The van der Waals surface area contributed by atoms with E-state index in [1.165, 1.54) is 4.90 Å². The largest absolute Gasteiger partial charge is 0.390 e. The lowest BCUT2D eigenvalue weighted by Gasteiger charge is -2.29. The zero-order chi connectivity index (χ0) is 28.2. The summed E-state index contributed by atoms with van der Waals surface area (Å²) in [6.45, 7) is 4.09. The average Bonchev–Trinajstić information content (AvgIpc) is 2.95. The molecule has 3 aromatic rings. The number of hydrogen-bond acceptors (Lipinski definition) is 5. The van der Waals surface area contributed by atoms with Gasteiger partial charge in [0.05, 0.1) is 18.2 Å². The van der Waals surface area contributed by atoms with Crippen LogP contribution in [0.4, 0.5) is 4.79 Å². The number of hydrogen-bond donors (Lipinski definition) is 4. The molecule has 4 atom stereocenters. The van der Waals surface area contributed by atoms with E-state index in [9.17, 15) is 19.8 Å². The molecule has 4 N–H and O–H groups in total. The summed E-state index contributed by atoms with van der Waals surface area (Å²) in [7, 11) is 1.66. The van der Waals surface area contributed by atoms with Crippen molar-refractivity contribution in [3.8, 4) is 0 Å². The van der Waals surface area contributed by atoms with Gasteiger partial charge in [0.2, 0.25) is 5.91 Å². The number of nitrogens with zero attached hydrogens (tertiary/aromatic N) is 2. The quantitative estimate of drug-likeness (QED) is 0.267. The Morgan fingerprint density at radius 2 is 1.51 bits per heavy atom. The first-order valence-corrected chi connectivity index (χ1v) is 13.4. The van der Waals surface area contributed by atoms with Crippen LogP contribution in [0.1, 0.15) is 49.4 Å². The van der Waals surface area contributed by atoms with Crippen LogP contribution in [-0.2, 0) is 17.8 Å². The lowest BCUT2D eigenvalue weighted by molar-refractivity contribution is -0.125. The zero-order valence-electron chi connectivity index (χ0n) is 22.9. The van der Waals surface area contributed by atoms with E-state index in [4.69, 9.17) is 0 Å². The highest BCUT2D eigenvalue weighted by molar-refractivity contribution is 5.87. The molecule has 208 valence electrons. The van der Waals surface area contributed by atoms with Gasteiger partial charge in [-0.25, -0.2) is 4.79 Å². The lowest BCUT2D eigenvalue weighted by Crippen LogP contribution is -2.53. The number of carbonyl (C=O) groups excluding carboxylic acids is 2. The van der Waals surface area contributed by atoms with Crippen molar-refractivity contribution in [2.24, 2.45) is 5.92 Å². The van der Waals surface area contributed by atoms with E-state index in [0.29, 0.717) is 19.4 Å². The molecule has 0 spiro atoms. The van der Waals surface area contributed by atoms with E-state index < -0.39 is 24.3 Å². The first-order valence-electron chi connectivity index (χ1n) is 13.4. The maximum absolute atomic E-state index is 13.4. The van der Waals surface area contributed by atoms with E-state index in [1.54, 1.807) is 19.4 Å². The number of benzene rings is 2. The molecule has 0 bridgehead atoms. The number of rotatable bonds is 13. The van der Waals surface area contributed by atoms with Crippen molar-refractivity contribution in [1.82, 2.24) is 20.5 Å². The molecule has 1 heterocycles. The van der Waals surface area contributed by atoms with E-state index in [2.05, 4.69) is 15.6 Å². The number of carbonyl (C=O) groups is 2. The van der Waals surface area contributed by atoms with Gasteiger partial charge in [-0.3, -0.25) is 9.78 Å². The molecular weight excluding hydrogens is 492 g/mol. The van der Waals surface area contributed by atoms with Gasteiger partial charge in [0.25, 0.3) is 0 Å². The van der Waals surface area contributed by atoms with Crippen LogP contribution < -0.4 is 10.6 Å². The van der Waals surface area contributed by atoms with Crippen LogP contribution in [0.25, 0.3) is 0 Å². The molecule has 2 aromatic carbocycles. The fourth-order valence-electron chi connectivity index (χ4n) is 4.39. The van der Waals surface area contributed by atoms with Crippen LogP contribution in [0.5, 0.6) is 0 Å². The van der Waals surface area contributed by atoms with Crippen molar-refractivity contribution in [1.29, 1.82) is 0 Å². The molecule has 1 aromatic heterocycles. The summed E-state index contributed by atoms with van der Waals surface area (Å²) < 4.78 is 0. The zero-order valence-corrected chi connectivity index (χ0v) is 22.9. The summed E-state index contributed by atoms with van der Waals surface area (Å²) >= 11 is 0. The second kappa shape index (κ2) is 15.0. The standard InChI is InChI=1S/C31H40N4O4/c1-22(2)29(34-31(39)35(3)21-24-13-10-18-32-20-24)30(38)33-26(25-14-8-5-9-15-25)19-28(37)27(36)17-16-23-11-6-4-7-12-23/h4-15,18,20,22,26-29,36-37H,16-17,19,21H2,1-3H3,(H,33,38)(H,34,39)/t26?,27?,28?,29-/m0/s1. The van der Waals surface area contributed by atoms with Crippen molar-refractivity contribution < 1.29 is 19.8 Å². The van der Waals surface area contributed by atoms with Gasteiger partial charge in [-0.15, -0.1) is 0 Å². The van der Waals surface area contributed by atoms with Gasteiger partial charge in [0, 0.05) is 32.4 Å². The fourth-order valence-corrected chi connectivity index (χ4v) is 4.39. The number of aliphatic hydroxyl groups is 2. The van der Waals surface area contributed by atoms with Crippen LogP contribution in [0.15, 0.2) is 85.2 Å². The molecule has 39 heavy (non-hydrogen) atoms. The molecule has 0 aliphatic carbocycles. The van der Waals surface area contributed by atoms with E-state index in [-0.39, 0.29) is 24.3 Å². The molecule has 8 heteroatoms. The van der Waals surface area contributed by atoms with E-state index in [0.717, 1.165) is 16.7 Å². The van der Waals surface area contributed by atoms with Crippen LogP contribution >= 0.6 is 0 Å². The summed E-state index contributed by atoms with van der Waals surface area (Å²) in [4.78, 5) is 31.9. The maximum atomic E-state index is 13.4. The van der Waals surface area contributed by atoms with Crippen molar-refractivity contribution in [2.75, 3.05) is 7.05 Å². The van der Waals surface area contributed by atoms with Crippen LogP contribution in [-0.4, -0.2) is 57.3 Å². The van der Waals surface area contributed by atoms with E-state index in [1.807, 2.05) is 86.6 Å². The monoisotopic (exact) mass is 532 g/mol. The Morgan fingerprint density at radius 1 is 0.872 bits per heavy atom. The van der Waals surface area contributed by atoms with Crippen molar-refractivity contribution >= 4 is 11.9 Å². The summed E-state index contributed by atoms with van der Waals surface area (Å²) in [5.74, 6) is -0.536. The molecular formula is C31H40N4O4. The van der Waals surface area contributed by atoms with Crippen molar-refractivity contribution in [3.05, 3.63) is 102 Å². The molecule has 3 rings (SSSR count). The highest BCUT2D eigenvalue weighted by atomic mass is 16.3. The summed E-state index contributed by atoms with van der Waals surface area (Å²) in [5, 5.41) is 27.4. The lowest BCUT2D eigenvalue weighted by atomic mass is 9.94. The minimum absolute atomic E-state index is 0.130. The second-order valence-corrected chi connectivity index (χ2v) is 10.3. The third-order valence-electron chi connectivity index (χ3n) is 6.73. The van der Waals surface area contributed by atoms with Gasteiger partial charge in [0.1, 0.15) is 6.04 Å². The van der Waals surface area contributed by atoms with Crippen LogP contribution in [0.3, 0.4) is 0 Å². The number of aryl methyl sites for hydroxylation is 1. The number of nitrogens with one attached hydrogen (secondary N) is 2. The first kappa shape index (κ1) is 29.8. The number of aliphatic hydroxyl groups excluding tert-OH is 2. The Kier molecular flexibility index (Phi) is 11.5. The van der Waals surface area contributed by atoms with Crippen LogP contribution in [0.2, 0.25) is 0 Å².